The second kappa shape index (κ2) is 13.9. The molecule has 2 heterocycles. The van der Waals surface area contributed by atoms with Gasteiger partial charge in [0.2, 0.25) is 11.8 Å². The highest BCUT2D eigenvalue weighted by Gasteiger charge is 2.30. The van der Waals surface area contributed by atoms with E-state index in [4.69, 9.17) is 9.47 Å². The van der Waals surface area contributed by atoms with Crippen molar-refractivity contribution in [2.24, 2.45) is 0 Å². The van der Waals surface area contributed by atoms with Gasteiger partial charge in [-0.25, -0.2) is 9.97 Å². The molecule has 3 aromatic carbocycles. The van der Waals surface area contributed by atoms with E-state index in [1.807, 2.05) is 29.2 Å². The summed E-state index contributed by atoms with van der Waals surface area (Å²) in [7, 11) is 1.58. The summed E-state index contributed by atoms with van der Waals surface area (Å²) in [6.45, 7) is 6.19. The summed E-state index contributed by atoms with van der Waals surface area (Å²) < 4.78 is 50.1. The highest BCUT2D eigenvalue weighted by molar-refractivity contribution is 5.95. The Morgan fingerprint density at radius 2 is 1.64 bits per heavy atom. The van der Waals surface area contributed by atoms with Crippen LogP contribution in [0.25, 0.3) is 22.2 Å². The molecule has 1 N–H and O–H groups in total. The number of benzene rings is 3. The van der Waals surface area contributed by atoms with Crippen molar-refractivity contribution in [3.05, 3.63) is 78.1 Å². The van der Waals surface area contributed by atoms with E-state index in [0.29, 0.717) is 40.6 Å². The van der Waals surface area contributed by atoms with Crippen molar-refractivity contribution in [2.45, 2.75) is 25.9 Å². The van der Waals surface area contributed by atoms with Crippen molar-refractivity contribution >= 4 is 28.4 Å². The molecule has 236 valence electrons. The van der Waals surface area contributed by atoms with Crippen LogP contribution in [0.5, 0.6) is 11.5 Å². The van der Waals surface area contributed by atoms with Gasteiger partial charge in [-0.05, 0) is 42.3 Å². The third kappa shape index (κ3) is 8.07. The number of hydrogen-bond acceptors (Lipinski definition) is 7. The Morgan fingerprint density at radius 1 is 0.933 bits per heavy atom. The molecule has 0 radical (unpaired) electrons. The Bertz CT molecular complexity index is 1640. The standard InChI is InChI=1S/C33H34F3N5O4/c1-22(42)41-15-13-40(14-16-41)12-3-17-45-30-20-28-27(19-29(30)44-2)32(38-21-37-28)24-6-10-26(11-7-24)39-31(43)18-23-4-8-25(9-5-23)33(34,35)36/h4-11,19-21H,3,12-18H2,1-2H3,(H,39,43). The highest BCUT2D eigenvalue weighted by atomic mass is 19.4. The summed E-state index contributed by atoms with van der Waals surface area (Å²) in [6, 6.07) is 15.3. The molecule has 0 unspecified atom stereocenters. The molecule has 2 amide bonds. The highest BCUT2D eigenvalue weighted by Crippen LogP contribution is 2.36. The number of rotatable bonds is 10. The molecule has 1 fully saturated rings. The monoisotopic (exact) mass is 621 g/mol. The van der Waals surface area contributed by atoms with E-state index in [1.165, 1.54) is 18.5 Å². The molecule has 0 aliphatic carbocycles. The molecular formula is C33H34F3N5O4. The predicted molar refractivity (Wildman–Crippen MR) is 164 cm³/mol. The number of hydrogen-bond donors (Lipinski definition) is 1. The average Bonchev–Trinajstić information content (AvgIpc) is 3.02. The first-order chi connectivity index (χ1) is 21.6. The van der Waals surface area contributed by atoms with E-state index >= 15 is 0 Å². The van der Waals surface area contributed by atoms with E-state index in [0.717, 1.165) is 62.2 Å². The zero-order chi connectivity index (χ0) is 32.0. The number of aromatic nitrogens is 2. The van der Waals surface area contributed by atoms with Crippen LogP contribution in [0.3, 0.4) is 0 Å². The fraction of sp³-hybridized carbons (Fsp3) is 0.333. The lowest BCUT2D eigenvalue weighted by Gasteiger charge is -2.34. The van der Waals surface area contributed by atoms with E-state index in [9.17, 15) is 22.8 Å². The quantitative estimate of drug-likeness (QED) is 0.236. The lowest BCUT2D eigenvalue weighted by atomic mass is 10.1. The predicted octanol–water partition coefficient (Wildman–Crippen LogP) is 5.44. The molecule has 0 bridgehead atoms. The molecule has 1 aromatic heterocycles. The number of methoxy groups -OCH3 is 1. The van der Waals surface area contributed by atoms with Crippen LogP contribution < -0.4 is 14.8 Å². The summed E-state index contributed by atoms with van der Waals surface area (Å²) in [5, 5.41) is 3.55. The molecule has 1 saturated heterocycles. The Balaban J connectivity index is 1.20. The zero-order valence-electron chi connectivity index (χ0n) is 25.1. The first kappa shape index (κ1) is 31.7. The van der Waals surface area contributed by atoms with Crippen molar-refractivity contribution < 1.29 is 32.2 Å². The Hall–Kier alpha value is -4.71. The van der Waals surface area contributed by atoms with Gasteiger partial charge in [0.25, 0.3) is 0 Å². The molecule has 0 spiro atoms. The smallest absolute Gasteiger partial charge is 0.416 e. The average molecular weight is 622 g/mol. The van der Waals surface area contributed by atoms with Gasteiger partial charge in [-0.1, -0.05) is 24.3 Å². The number of nitrogens with zero attached hydrogens (tertiary/aromatic N) is 4. The molecule has 1 aliphatic rings. The molecule has 4 aromatic rings. The number of fused-ring (bicyclic) bond motifs is 1. The summed E-state index contributed by atoms with van der Waals surface area (Å²) in [6.07, 6.45) is -2.18. The number of anilines is 1. The van der Waals surface area contributed by atoms with Gasteiger partial charge in [0.05, 0.1) is 36.9 Å². The SMILES string of the molecule is COc1cc2c(-c3ccc(NC(=O)Cc4ccc(C(F)(F)F)cc4)cc3)ncnc2cc1OCCCN1CCN(C(C)=O)CC1. The molecule has 1 aliphatic heterocycles. The molecule has 12 heteroatoms. The summed E-state index contributed by atoms with van der Waals surface area (Å²) in [5.41, 5.74) is 2.43. The van der Waals surface area contributed by atoms with Crippen LogP contribution in [0.15, 0.2) is 67.0 Å². The van der Waals surface area contributed by atoms with Crippen molar-refractivity contribution in [2.75, 3.05) is 51.8 Å². The third-order valence-electron chi connectivity index (χ3n) is 7.70. The van der Waals surface area contributed by atoms with Crippen LogP contribution in [-0.2, 0) is 22.2 Å². The van der Waals surface area contributed by atoms with Crippen LogP contribution in [-0.4, -0.2) is 78.0 Å². The van der Waals surface area contributed by atoms with Gasteiger partial charge >= 0.3 is 6.18 Å². The van der Waals surface area contributed by atoms with Crippen LogP contribution in [0.4, 0.5) is 18.9 Å². The van der Waals surface area contributed by atoms with Crippen molar-refractivity contribution in [3.8, 4) is 22.8 Å². The van der Waals surface area contributed by atoms with E-state index < -0.39 is 11.7 Å². The lowest BCUT2D eigenvalue weighted by molar-refractivity contribution is -0.137. The topological polar surface area (TPSA) is 96.9 Å². The molecule has 45 heavy (non-hydrogen) atoms. The van der Waals surface area contributed by atoms with Crippen LogP contribution in [0.2, 0.25) is 0 Å². The number of ether oxygens (including phenoxy) is 2. The van der Waals surface area contributed by atoms with Crippen LogP contribution >= 0.6 is 0 Å². The number of piperazine rings is 1. The number of nitrogens with one attached hydrogen (secondary N) is 1. The summed E-state index contributed by atoms with van der Waals surface area (Å²) >= 11 is 0. The summed E-state index contributed by atoms with van der Waals surface area (Å²) in [4.78, 5) is 37.2. The molecule has 9 nitrogen and oxygen atoms in total. The van der Waals surface area contributed by atoms with Gasteiger partial charge in [0.15, 0.2) is 11.5 Å². The van der Waals surface area contributed by atoms with Gasteiger partial charge in [-0.3, -0.25) is 14.5 Å². The Morgan fingerprint density at radius 3 is 2.29 bits per heavy atom. The van der Waals surface area contributed by atoms with Gasteiger partial charge in [0, 0.05) is 62.4 Å². The second-order valence-corrected chi connectivity index (χ2v) is 10.8. The Labute approximate surface area is 259 Å². The van der Waals surface area contributed by atoms with Gasteiger partial charge in [0.1, 0.15) is 6.33 Å². The minimum Gasteiger partial charge on any atom is -0.493 e. The van der Waals surface area contributed by atoms with E-state index in [2.05, 4.69) is 20.2 Å². The fourth-order valence-electron chi connectivity index (χ4n) is 5.24. The van der Waals surface area contributed by atoms with Crippen LogP contribution in [0.1, 0.15) is 24.5 Å². The van der Waals surface area contributed by atoms with Crippen LogP contribution in [0, 0.1) is 0 Å². The molecule has 5 rings (SSSR count). The summed E-state index contributed by atoms with van der Waals surface area (Å²) in [5.74, 6) is 0.914. The van der Waals surface area contributed by atoms with Gasteiger partial charge in [-0.15, -0.1) is 0 Å². The number of carbonyl (C=O) groups is 2. The maximum Gasteiger partial charge on any atom is 0.416 e. The number of alkyl halides is 3. The fourth-order valence-corrected chi connectivity index (χ4v) is 5.24. The van der Waals surface area contributed by atoms with Crippen molar-refractivity contribution in [1.29, 1.82) is 0 Å². The number of amides is 2. The normalized spacial score (nSPS) is 13.9. The second-order valence-electron chi connectivity index (χ2n) is 10.8. The largest absolute Gasteiger partial charge is 0.493 e. The third-order valence-corrected chi connectivity index (χ3v) is 7.70. The van der Waals surface area contributed by atoms with Gasteiger partial charge < -0.3 is 19.7 Å². The molecular weight excluding hydrogens is 587 g/mol. The molecule has 0 saturated carbocycles. The van der Waals surface area contributed by atoms with Gasteiger partial charge in [-0.2, -0.15) is 13.2 Å². The van der Waals surface area contributed by atoms with Crippen molar-refractivity contribution in [1.82, 2.24) is 19.8 Å². The molecule has 0 atom stereocenters. The Kier molecular flexibility index (Phi) is 9.82. The minimum atomic E-state index is -4.42. The first-order valence-electron chi connectivity index (χ1n) is 14.6. The maximum atomic E-state index is 12.8. The minimum absolute atomic E-state index is 0.0568. The van der Waals surface area contributed by atoms with E-state index in [1.54, 1.807) is 26.2 Å². The van der Waals surface area contributed by atoms with E-state index in [-0.39, 0.29) is 18.2 Å². The maximum absolute atomic E-state index is 12.8. The number of carbonyl (C=O) groups excluding carboxylic acids is 2. The zero-order valence-corrected chi connectivity index (χ0v) is 25.1. The number of halogens is 3. The first-order valence-corrected chi connectivity index (χ1v) is 14.6. The van der Waals surface area contributed by atoms with Crippen molar-refractivity contribution in [3.63, 3.8) is 0 Å². The lowest BCUT2D eigenvalue weighted by Crippen LogP contribution is -2.48.